The van der Waals surface area contributed by atoms with Crippen LogP contribution in [-0.4, -0.2) is 23.0 Å². The zero-order valence-electron chi connectivity index (χ0n) is 3.90. The van der Waals surface area contributed by atoms with Crippen molar-refractivity contribution in [3.63, 3.8) is 0 Å². The Balaban J connectivity index is 2.83. The summed E-state index contributed by atoms with van der Waals surface area (Å²) in [6.07, 6.45) is 0.680. The van der Waals surface area contributed by atoms with E-state index in [1.54, 1.807) is 0 Å². The lowest BCUT2D eigenvalue weighted by Crippen LogP contribution is -2.03. The van der Waals surface area contributed by atoms with Crippen LogP contribution in [0, 0.1) is 0 Å². The fraction of sp³-hybridized carbons (Fsp3) is 1.00. The second-order valence-corrected chi connectivity index (χ2v) is 2.25. The Bertz CT molecular complexity index is 40.7. The number of alkyl halides is 2. The highest BCUT2D eigenvalue weighted by Crippen LogP contribution is 2.00. The third-order valence-corrected chi connectivity index (χ3v) is 1.19. The minimum absolute atomic E-state index is 0.0221. The summed E-state index contributed by atoms with van der Waals surface area (Å²) in [4.78, 5) is 0. The first-order valence-corrected chi connectivity index (χ1v) is 3.09. The molecule has 0 radical (unpaired) electrons. The molecule has 0 aliphatic heterocycles. The molecule has 0 spiro atoms. The molecule has 0 saturated carbocycles. The average Bonchev–Trinajstić information content (AvgIpc) is 1.68. The summed E-state index contributed by atoms with van der Waals surface area (Å²) in [6.45, 7) is 0.0221. The van der Waals surface area contributed by atoms with E-state index >= 15 is 0 Å². The van der Waals surface area contributed by atoms with Crippen LogP contribution in [-0.2, 0) is 0 Å². The number of aliphatic hydroxyl groups is 1. The maximum Gasteiger partial charge on any atom is 0.0595 e. The van der Waals surface area contributed by atoms with Crippen LogP contribution in [0.1, 0.15) is 6.42 Å². The van der Waals surface area contributed by atoms with Crippen LogP contribution < -0.4 is 0 Å². The Morgan fingerprint density at radius 3 is 2.29 bits per heavy atom. The predicted octanol–water partition coefficient (Wildman–Crippen LogP) is 1.22. The SMILES string of the molecule is OCC(Cl)CCCl. The van der Waals surface area contributed by atoms with Gasteiger partial charge in [0.25, 0.3) is 0 Å². The molecule has 7 heavy (non-hydrogen) atoms. The number of aliphatic hydroxyl groups excluding tert-OH is 1. The Kier molecular flexibility index (Phi) is 5.05. The van der Waals surface area contributed by atoms with Gasteiger partial charge in [-0.15, -0.1) is 23.2 Å². The lowest BCUT2D eigenvalue weighted by atomic mass is 10.3. The summed E-state index contributed by atoms with van der Waals surface area (Å²) in [5.41, 5.74) is 0. The molecule has 0 rings (SSSR count). The molecule has 0 saturated heterocycles. The third-order valence-electron chi connectivity index (χ3n) is 0.620. The van der Waals surface area contributed by atoms with Crippen LogP contribution in [0.25, 0.3) is 0 Å². The molecule has 0 aromatic heterocycles. The van der Waals surface area contributed by atoms with Crippen LogP contribution in [0.5, 0.6) is 0 Å². The molecule has 1 nitrogen and oxygen atoms in total. The molecule has 1 unspecified atom stereocenters. The molecule has 0 aliphatic rings. The number of halogens is 2. The topological polar surface area (TPSA) is 20.2 Å². The normalized spacial score (nSPS) is 14.1. The van der Waals surface area contributed by atoms with Gasteiger partial charge in [0, 0.05) is 5.88 Å². The van der Waals surface area contributed by atoms with Crippen molar-refractivity contribution in [2.75, 3.05) is 12.5 Å². The highest BCUT2D eigenvalue weighted by molar-refractivity contribution is 6.22. The number of rotatable bonds is 3. The van der Waals surface area contributed by atoms with Gasteiger partial charge in [-0.1, -0.05) is 0 Å². The monoisotopic (exact) mass is 142 g/mol. The Hall–Kier alpha value is 0.540. The lowest BCUT2D eigenvalue weighted by molar-refractivity contribution is 0.291. The molecule has 1 atom stereocenters. The van der Waals surface area contributed by atoms with Gasteiger partial charge in [0.15, 0.2) is 0 Å². The quantitative estimate of drug-likeness (QED) is 0.588. The van der Waals surface area contributed by atoms with Gasteiger partial charge >= 0.3 is 0 Å². The first-order valence-electron chi connectivity index (χ1n) is 2.12. The van der Waals surface area contributed by atoms with Crippen molar-refractivity contribution < 1.29 is 5.11 Å². The Labute approximate surface area is 53.2 Å². The van der Waals surface area contributed by atoms with Gasteiger partial charge in [0.05, 0.1) is 12.0 Å². The lowest BCUT2D eigenvalue weighted by Gasteiger charge is -1.98. The molecular weight excluding hydrogens is 135 g/mol. The fourth-order valence-electron chi connectivity index (χ4n) is 0.210. The van der Waals surface area contributed by atoms with Gasteiger partial charge in [0.1, 0.15) is 0 Å². The van der Waals surface area contributed by atoms with E-state index in [4.69, 9.17) is 28.3 Å². The van der Waals surface area contributed by atoms with Crippen LogP contribution in [0.2, 0.25) is 0 Å². The molecule has 0 heterocycles. The van der Waals surface area contributed by atoms with E-state index in [-0.39, 0.29) is 12.0 Å². The highest BCUT2D eigenvalue weighted by atomic mass is 35.5. The van der Waals surface area contributed by atoms with E-state index < -0.39 is 0 Å². The van der Waals surface area contributed by atoms with E-state index in [0.717, 1.165) is 0 Å². The first-order chi connectivity index (χ1) is 3.31. The molecule has 1 N–H and O–H groups in total. The van der Waals surface area contributed by atoms with Crippen molar-refractivity contribution in [2.24, 2.45) is 0 Å². The Morgan fingerprint density at radius 2 is 2.14 bits per heavy atom. The molecule has 0 fully saturated rings. The van der Waals surface area contributed by atoms with Crippen molar-refractivity contribution in [1.29, 1.82) is 0 Å². The summed E-state index contributed by atoms with van der Waals surface area (Å²) in [7, 11) is 0. The number of hydrogen-bond acceptors (Lipinski definition) is 1. The van der Waals surface area contributed by atoms with Crippen LogP contribution in [0.3, 0.4) is 0 Å². The summed E-state index contributed by atoms with van der Waals surface area (Å²) in [5, 5.41) is 8.12. The van der Waals surface area contributed by atoms with Crippen molar-refractivity contribution in [3.05, 3.63) is 0 Å². The molecule has 0 amide bonds. The van der Waals surface area contributed by atoms with Gasteiger partial charge < -0.3 is 5.11 Å². The van der Waals surface area contributed by atoms with E-state index in [0.29, 0.717) is 12.3 Å². The standard InChI is InChI=1S/C4H8Cl2O/c5-2-1-4(6)3-7/h4,7H,1-3H2. The third kappa shape index (κ3) is 4.39. The van der Waals surface area contributed by atoms with Crippen molar-refractivity contribution in [3.8, 4) is 0 Å². The summed E-state index contributed by atoms with van der Waals surface area (Å²) in [6, 6.07) is 0. The molecule has 44 valence electrons. The molecule has 3 heteroatoms. The smallest absolute Gasteiger partial charge is 0.0595 e. The zero-order chi connectivity index (χ0) is 5.70. The van der Waals surface area contributed by atoms with Gasteiger partial charge in [-0.2, -0.15) is 0 Å². The van der Waals surface area contributed by atoms with Crippen LogP contribution >= 0.6 is 23.2 Å². The van der Waals surface area contributed by atoms with Crippen molar-refractivity contribution in [2.45, 2.75) is 11.8 Å². The van der Waals surface area contributed by atoms with Crippen LogP contribution in [0.15, 0.2) is 0 Å². The molecule has 0 bridgehead atoms. The molecule has 0 aliphatic carbocycles. The summed E-state index contributed by atoms with van der Waals surface area (Å²) in [5.74, 6) is 0.523. The minimum Gasteiger partial charge on any atom is -0.395 e. The second-order valence-electron chi connectivity index (χ2n) is 1.26. The second kappa shape index (κ2) is 4.69. The van der Waals surface area contributed by atoms with Crippen LogP contribution in [0.4, 0.5) is 0 Å². The maximum atomic E-state index is 8.28. The molecular formula is C4H8Cl2O. The van der Waals surface area contributed by atoms with Crippen molar-refractivity contribution >= 4 is 23.2 Å². The molecule has 0 aromatic carbocycles. The van der Waals surface area contributed by atoms with E-state index in [9.17, 15) is 0 Å². The predicted molar refractivity (Wildman–Crippen MR) is 32.1 cm³/mol. The largest absolute Gasteiger partial charge is 0.395 e. The first kappa shape index (κ1) is 7.54. The van der Waals surface area contributed by atoms with E-state index in [2.05, 4.69) is 0 Å². The summed E-state index contributed by atoms with van der Waals surface area (Å²) >= 11 is 10.7. The van der Waals surface area contributed by atoms with E-state index in [1.807, 2.05) is 0 Å². The van der Waals surface area contributed by atoms with Crippen molar-refractivity contribution in [1.82, 2.24) is 0 Å². The Morgan fingerprint density at radius 1 is 1.57 bits per heavy atom. The fourth-order valence-corrected chi connectivity index (χ4v) is 0.694. The van der Waals surface area contributed by atoms with Gasteiger partial charge in [-0.3, -0.25) is 0 Å². The minimum atomic E-state index is -0.155. The average molecular weight is 143 g/mol. The van der Waals surface area contributed by atoms with Gasteiger partial charge in [-0.25, -0.2) is 0 Å². The molecule has 0 aromatic rings. The highest BCUT2D eigenvalue weighted by Gasteiger charge is 1.97. The number of hydrogen-bond donors (Lipinski definition) is 1. The maximum absolute atomic E-state index is 8.28. The van der Waals surface area contributed by atoms with E-state index in [1.165, 1.54) is 0 Å². The van der Waals surface area contributed by atoms with Gasteiger partial charge in [-0.05, 0) is 6.42 Å². The zero-order valence-corrected chi connectivity index (χ0v) is 5.41. The van der Waals surface area contributed by atoms with Gasteiger partial charge in [0.2, 0.25) is 0 Å². The summed E-state index contributed by atoms with van der Waals surface area (Å²) < 4.78 is 0.